The van der Waals surface area contributed by atoms with Gasteiger partial charge in [-0.3, -0.25) is 0 Å². The zero-order valence-corrected chi connectivity index (χ0v) is 13.6. The van der Waals surface area contributed by atoms with E-state index in [1.165, 1.54) is 0 Å². The van der Waals surface area contributed by atoms with Gasteiger partial charge in [-0.05, 0) is 32.0 Å². The molecule has 4 rings (SSSR count). The first kappa shape index (κ1) is 14.8. The van der Waals surface area contributed by atoms with E-state index in [9.17, 15) is 5.11 Å². The molecule has 1 N–H and O–H groups in total. The molecule has 0 saturated carbocycles. The van der Waals surface area contributed by atoms with Crippen LogP contribution in [0.25, 0.3) is 0 Å². The Kier molecular flexibility index (Phi) is 3.14. The first-order chi connectivity index (χ1) is 11.5. The van der Waals surface area contributed by atoms with E-state index in [2.05, 4.69) is 5.92 Å². The minimum atomic E-state index is -0.678. The molecular weight excluding hydrogens is 304 g/mol. The Labute approximate surface area is 141 Å². The number of hydrogen-bond acceptors (Lipinski definition) is 4. The molecule has 2 aliphatic rings. The Morgan fingerprint density at radius 1 is 1.17 bits per heavy atom. The van der Waals surface area contributed by atoms with Crippen LogP contribution in [-0.2, 0) is 0 Å². The number of rotatable bonds is 2. The third-order valence-corrected chi connectivity index (χ3v) is 4.45. The van der Waals surface area contributed by atoms with Crippen molar-refractivity contribution in [3.63, 3.8) is 0 Å². The molecular formula is C20H18O4. The minimum Gasteiger partial charge on any atom is -0.508 e. The molecule has 0 saturated heterocycles. The van der Waals surface area contributed by atoms with Crippen LogP contribution in [0.3, 0.4) is 0 Å². The molecule has 2 atom stereocenters. The SMILES string of the molecule is C#CC(C)(C)Oc1ccc2c(c1)OC[C@H]1c3ccc(O)cc3O[C@@H]21. The molecule has 2 aromatic carbocycles. The summed E-state index contributed by atoms with van der Waals surface area (Å²) in [5, 5.41) is 9.65. The molecule has 2 aliphatic heterocycles. The Morgan fingerprint density at radius 3 is 2.75 bits per heavy atom. The van der Waals surface area contributed by atoms with E-state index in [1.54, 1.807) is 12.1 Å². The van der Waals surface area contributed by atoms with E-state index >= 15 is 0 Å². The van der Waals surface area contributed by atoms with Crippen molar-refractivity contribution in [3.8, 4) is 35.3 Å². The maximum absolute atomic E-state index is 9.65. The van der Waals surface area contributed by atoms with Crippen LogP contribution in [0.1, 0.15) is 37.0 Å². The largest absolute Gasteiger partial charge is 0.508 e. The zero-order chi connectivity index (χ0) is 16.9. The van der Waals surface area contributed by atoms with Crippen LogP contribution in [0.4, 0.5) is 0 Å². The molecule has 0 aliphatic carbocycles. The van der Waals surface area contributed by atoms with Crippen molar-refractivity contribution in [1.82, 2.24) is 0 Å². The highest BCUT2D eigenvalue weighted by atomic mass is 16.5. The lowest BCUT2D eigenvalue weighted by atomic mass is 9.89. The van der Waals surface area contributed by atoms with Crippen molar-refractivity contribution in [2.24, 2.45) is 0 Å². The number of hydrogen-bond donors (Lipinski definition) is 1. The molecule has 0 aromatic heterocycles. The van der Waals surface area contributed by atoms with E-state index in [1.807, 2.05) is 38.1 Å². The van der Waals surface area contributed by atoms with Gasteiger partial charge >= 0.3 is 0 Å². The van der Waals surface area contributed by atoms with Crippen molar-refractivity contribution in [1.29, 1.82) is 0 Å². The lowest BCUT2D eigenvalue weighted by Crippen LogP contribution is -2.26. The number of ether oxygens (including phenoxy) is 3. The van der Waals surface area contributed by atoms with Gasteiger partial charge in [-0.1, -0.05) is 12.0 Å². The summed E-state index contributed by atoms with van der Waals surface area (Å²) in [5.74, 6) is 5.08. The number of phenolic OH excluding ortho intramolecular Hbond substituents is 1. The summed E-state index contributed by atoms with van der Waals surface area (Å²) in [5.41, 5.74) is 1.37. The minimum absolute atomic E-state index is 0.111. The third-order valence-electron chi connectivity index (χ3n) is 4.45. The quantitative estimate of drug-likeness (QED) is 0.855. The van der Waals surface area contributed by atoms with Gasteiger partial charge in [0, 0.05) is 23.3 Å². The highest BCUT2D eigenvalue weighted by Crippen LogP contribution is 2.52. The second-order valence-corrected chi connectivity index (χ2v) is 6.63. The fourth-order valence-electron chi connectivity index (χ4n) is 3.21. The van der Waals surface area contributed by atoms with Crippen LogP contribution in [0.15, 0.2) is 36.4 Å². The highest BCUT2D eigenvalue weighted by Gasteiger charge is 2.41. The van der Waals surface area contributed by atoms with Gasteiger partial charge in [0.25, 0.3) is 0 Å². The number of benzene rings is 2. The maximum Gasteiger partial charge on any atom is 0.163 e. The predicted molar refractivity (Wildman–Crippen MR) is 89.7 cm³/mol. The maximum atomic E-state index is 9.65. The van der Waals surface area contributed by atoms with Crippen molar-refractivity contribution in [2.45, 2.75) is 31.5 Å². The second kappa shape index (κ2) is 5.10. The van der Waals surface area contributed by atoms with Crippen LogP contribution >= 0.6 is 0 Å². The lowest BCUT2D eigenvalue weighted by molar-refractivity contribution is 0.137. The first-order valence-corrected chi connectivity index (χ1v) is 7.90. The van der Waals surface area contributed by atoms with Crippen LogP contribution < -0.4 is 14.2 Å². The second-order valence-electron chi connectivity index (χ2n) is 6.63. The Bertz CT molecular complexity index is 847. The zero-order valence-electron chi connectivity index (χ0n) is 13.6. The number of terminal acetylenes is 1. The summed E-state index contributed by atoms with van der Waals surface area (Å²) in [4.78, 5) is 0. The van der Waals surface area contributed by atoms with Gasteiger partial charge in [-0.2, -0.15) is 0 Å². The van der Waals surface area contributed by atoms with Gasteiger partial charge in [-0.25, -0.2) is 0 Å². The van der Waals surface area contributed by atoms with Gasteiger partial charge < -0.3 is 19.3 Å². The van der Waals surface area contributed by atoms with E-state index in [-0.39, 0.29) is 17.8 Å². The van der Waals surface area contributed by atoms with Crippen molar-refractivity contribution in [2.75, 3.05) is 6.61 Å². The predicted octanol–water partition coefficient (Wildman–Crippen LogP) is 3.79. The summed E-state index contributed by atoms with van der Waals surface area (Å²) in [6.45, 7) is 4.20. The number of fused-ring (bicyclic) bond motifs is 5. The van der Waals surface area contributed by atoms with Gasteiger partial charge in [0.15, 0.2) is 5.60 Å². The third kappa shape index (κ3) is 2.33. The summed E-state index contributed by atoms with van der Waals surface area (Å²) in [7, 11) is 0. The smallest absolute Gasteiger partial charge is 0.163 e. The van der Waals surface area contributed by atoms with Gasteiger partial charge in [-0.15, -0.1) is 6.42 Å². The molecule has 0 radical (unpaired) electrons. The van der Waals surface area contributed by atoms with Crippen molar-refractivity contribution in [3.05, 3.63) is 47.5 Å². The molecule has 122 valence electrons. The topological polar surface area (TPSA) is 47.9 Å². The molecule has 24 heavy (non-hydrogen) atoms. The van der Waals surface area contributed by atoms with Gasteiger partial charge in [0.05, 0.1) is 12.5 Å². The van der Waals surface area contributed by atoms with Crippen LogP contribution in [0.5, 0.6) is 23.0 Å². The molecule has 0 amide bonds. The Hall–Kier alpha value is -2.80. The molecule has 2 heterocycles. The molecule has 0 fully saturated rings. The molecule has 0 bridgehead atoms. The van der Waals surface area contributed by atoms with E-state index < -0.39 is 5.60 Å². The van der Waals surface area contributed by atoms with E-state index in [0.717, 1.165) is 22.6 Å². The Morgan fingerprint density at radius 2 is 1.96 bits per heavy atom. The number of phenols is 1. The molecule has 0 spiro atoms. The van der Waals surface area contributed by atoms with Crippen LogP contribution in [-0.4, -0.2) is 17.3 Å². The molecule has 0 unspecified atom stereocenters. The van der Waals surface area contributed by atoms with Gasteiger partial charge in [0.1, 0.15) is 29.1 Å². The highest BCUT2D eigenvalue weighted by molar-refractivity contribution is 5.52. The normalized spacial score (nSPS) is 20.7. The molecule has 2 aromatic rings. The van der Waals surface area contributed by atoms with Crippen LogP contribution in [0.2, 0.25) is 0 Å². The summed E-state index contributed by atoms with van der Waals surface area (Å²) in [6, 6.07) is 10.9. The fourth-order valence-corrected chi connectivity index (χ4v) is 3.21. The summed E-state index contributed by atoms with van der Waals surface area (Å²) in [6.07, 6.45) is 5.37. The standard InChI is InChI=1S/C20H18O4/c1-4-20(2,3)24-13-6-8-15-17(10-13)22-11-16-14-7-5-12(21)9-18(14)23-19(15)16/h1,5-10,16,19,21H,11H2,2-3H3/t16-,19-/m0/s1. The first-order valence-electron chi connectivity index (χ1n) is 7.90. The Balaban J connectivity index is 1.66. The van der Waals surface area contributed by atoms with E-state index in [4.69, 9.17) is 20.6 Å². The molecule has 4 nitrogen and oxygen atoms in total. The summed E-state index contributed by atoms with van der Waals surface area (Å²) < 4.78 is 17.8. The average Bonchev–Trinajstić information content (AvgIpc) is 2.92. The lowest BCUT2D eigenvalue weighted by Gasteiger charge is -2.29. The van der Waals surface area contributed by atoms with Crippen LogP contribution in [0, 0.1) is 12.3 Å². The monoisotopic (exact) mass is 322 g/mol. The van der Waals surface area contributed by atoms with Crippen molar-refractivity contribution >= 4 is 0 Å². The summed E-state index contributed by atoms with van der Waals surface area (Å²) >= 11 is 0. The molecule has 4 heteroatoms. The fraction of sp³-hybridized carbons (Fsp3) is 0.300. The average molecular weight is 322 g/mol. The number of aromatic hydroxyl groups is 1. The van der Waals surface area contributed by atoms with Gasteiger partial charge in [0.2, 0.25) is 0 Å². The van der Waals surface area contributed by atoms with Crippen molar-refractivity contribution < 1.29 is 19.3 Å². The van der Waals surface area contributed by atoms with E-state index in [0.29, 0.717) is 12.4 Å².